The molecule has 42 heavy (non-hydrogen) atoms. The molecule has 16 heteroatoms. The zero-order valence-corrected chi connectivity index (χ0v) is 24.7. The number of nitrogens with one attached hydrogen (secondary N) is 1. The summed E-state index contributed by atoms with van der Waals surface area (Å²) in [6.45, 7) is 3.41. The zero-order valence-electron chi connectivity index (χ0n) is 23.1. The highest BCUT2D eigenvalue weighted by atomic mass is 35.5. The topological polar surface area (TPSA) is 176 Å². The van der Waals surface area contributed by atoms with Crippen LogP contribution < -0.4 is 5.32 Å². The van der Waals surface area contributed by atoms with Crippen LogP contribution in [0, 0.1) is 0 Å². The van der Waals surface area contributed by atoms with Crippen LogP contribution in [0.2, 0.25) is 5.02 Å². The molecule has 1 aromatic carbocycles. The molecule has 5 rings (SSSR count). The van der Waals surface area contributed by atoms with Gasteiger partial charge in [0, 0.05) is 11.4 Å². The molecule has 0 bridgehead atoms. The molecule has 2 fully saturated rings. The minimum atomic E-state index is -4.03. The molecule has 2 aliphatic rings. The predicted molar refractivity (Wildman–Crippen MR) is 150 cm³/mol. The maximum Gasteiger partial charge on any atom is 0.475 e. The summed E-state index contributed by atoms with van der Waals surface area (Å²) >= 11 is 6.08. The van der Waals surface area contributed by atoms with Crippen molar-refractivity contribution in [1.29, 1.82) is 0 Å². The van der Waals surface area contributed by atoms with Gasteiger partial charge in [0.15, 0.2) is 23.2 Å². The molecule has 14 nitrogen and oxygen atoms in total. The Morgan fingerprint density at radius 2 is 2.14 bits per heavy atom. The van der Waals surface area contributed by atoms with Crippen LogP contribution in [0.4, 0.5) is 10.6 Å². The molecule has 4 heterocycles. The van der Waals surface area contributed by atoms with Crippen molar-refractivity contribution < 1.29 is 42.6 Å². The highest BCUT2D eigenvalue weighted by molar-refractivity contribution is 7.48. The molecule has 0 spiro atoms. The van der Waals surface area contributed by atoms with E-state index in [1.807, 2.05) is 6.92 Å². The summed E-state index contributed by atoms with van der Waals surface area (Å²) in [5.41, 5.74) is -0.675. The highest BCUT2D eigenvalue weighted by Gasteiger charge is 2.54. The summed E-state index contributed by atoms with van der Waals surface area (Å²) in [5, 5.41) is 25.3. The van der Waals surface area contributed by atoms with Crippen molar-refractivity contribution in [3.8, 4) is 0 Å². The Labute approximate surface area is 246 Å². The molecule has 1 amide bonds. The molecule has 0 saturated carbocycles. The molecule has 3 N–H and O–H groups in total. The molecule has 0 unspecified atom stereocenters. The van der Waals surface area contributed by atoms with Crippen LogP contribution in [0.5, 0.6) is 0 Å². The van der Waals surface area contributed by atoms with Crippen molar-refractivity contribution >= 4 is 42.5 Å². The van der Waals surface area contributed by atoms with Crippen LogP contribution in [-0.4, -0.2) is 73.5 Å². The van der Waals surface area contributed by atoms with E-state index in [1.54, 1.807) is 24.3 Å². The number of aliphatic hydroxyl groups excluding tert-OH is 1. The SMILES string of the molecule is CCCCCOC(=O)Nc1ncnc2c1ncn2[C@@H]1O[C@H](CO[P@@]2(=O)OCC[C@@H](c3cccc(Cl)c3)O2)[C@@H](O)[C@@]1(C)O. The van der Waals surface area contributed by atoms with Crippen molar-refractivity contribution in [1.82, 2.24) is 19.5 Å². The first-order valence-corrected chi connectivity index (χ1v) is 15.5. The van der Waals surface area contributed by atoms with Crippen molar-refractivity contribution in [2.24, 2.45) is 0 Å². The highest BCUT2D eigenvalue weighted by Crippen LogP contribution is 2.57. The fraction of sp³-hybridized carbons (Fsp3) is 0.538. The number of fused-ring (bicyclic) bond motifs is 1. The number of nitrogens with zero attached hydrogens (tertiary/aromatic N) is 4. The first-order chi connectivity index (χ1) is 20.1. The van der Waals surface area contributed by atoms with Crippen molar-refractivity contribution in [3.63, 3.8) is 0 Å². The lowest BCUT2D eigenvalue weighted by Gasteiger charge is -2.30. The molecule has 2 aliphatic heterocycles. The van der Waals surface area contributed by atoms with Crippen LogP contribution in [0.3, 0.4) is 0 Å². The number of unbranched alkanes of at least 4 members (excludes halogenated alkanes) is 2. The van der Waals surface area contributed by atoms with E-state index in [2.05, 4.69) is 20.3 Å². The van der Waals surface area contributed by atoms with Crippen molar-refractivity contribution in [2.75, 3.05) is 25.1 Å². The van der Waals surface area contributed by atoms with E-state index in [9.17, 15) is 19.6 Å². The first kappa shape index (κ1) is 30.8. The summed E-state index contributed by atoms with van der Waals surface area (Å²) in [6.07, 6.45) is 0.672. The van der Waals surface area contributed by atoms with Crippen LogP contribution >= 0.6 is 19.4 Å². The van der Waals surface area contributed by atoms with Gasteiger partial charge in [-0.25, -0.2) is 24.3 Å². The van der Waals surface area contributed by atoms with Gasteiger partial charge in [-0.3, -0.25) is 23.5 Å². The Hall–Kier alpha value is -2.68. The van der Waals surface area contributed by atoms with Gasteiger partial charge < -0.3 is 19.7 Å². The monoisotopic (exact) mass is 625 g/mol. The number of rotatable bonds is 10. The number of carbonyl (C=O) groups excluding carboxylic acids is 1. The number of aromatic nitrogens is 4. The zero-order chi connectivity index (χ0) is 29.9. The fourth-order valence-corrected chi connectivity index (χ4v) is 6.41. The molecule has 2 saturated heterocycles. The molecule has 3 aromatic rings. The predicted octanol–water partition coefficient (Wildman–Crippen LogP) is 4.53. The van der Waals surface area contributed by atoms with Crippen LogP contribution in [0.15, 0.2) is 36.9 Å². The van der Waals surface area contributed by atoms with Crippen LogP contribution in [0.25, 0.3) is 11.2 Å². The Morgan fingerprint density at radius 3 is 2.93 bits per heavy atom. The van der Waals surface area contributed by atoms with Crippen LogP contribution in [-0.2, 0) is 27.6 Å². The van der Waals surface area contributed by atoms with E-state index in [-0.39, 0.29) is 30.2 Å². The number of benzene rings is 1. The minimum absolute atomic E-state index is 0.108. The second-order valence-corrected chi connectivity index (χ2v) is 12.3. The lowest BCUT2D eigenvalue weighted by Crippen LogP contribution is -2.44. The summed E-state index contributed by atoms with van der Waals surface area (Å²) in [4.78, 5) is 24.8. The average molecular weight is 626 g/mol. The van der Waals surface area contributed by atoms with Gasteiger partial charge in [-0.2, -0.15) is 0 Å². The van der Waals surface area contributed by atoms with E-state index in [1.165, 1.54) is 24.1 Å². The summed E-state index contributed by atoms with van der Waals surface area (Å²) in [7, 11) is -4.03. The van der Waals surface area contributed by atoms with Crippen LogP contribution in [0.1, 0.15) is 57.4 Å². The van der Waals surface area contributed by atoms with Gasteiger partial charge in [0.2, 0.25) is 0 Å². The third kappa shape index (κ3) is 6.61. The largest absolute Gasteiger partial charge is 0.475 e. The van der Waals surface area contributed by atoms with Crippen molar-refractivity contribution in [3.05, 3.63) is 47.5 Å². The number of phosphoric acid groups is 1. The number of hydrogen-bond donors (Lipinski definition) is 3. The maximum atomic E-state index is 13.3. The Kier molecular flexibility index (Phi) is 9.45. The van der Waals surface area contributed by atoms with Gasteiger partial charge in [0.1, 0.15) is 24.1 Å². The Balaban J connectivity index is 1.26. The van der Waals surface area contributed by atoms with E-state index < -0.39 is 50.7 Å². The van der Waals surface area contributed by atoms with Gasteiger partial charge in [0.05, 0.1) is 32.3 Å². The molecular weight excluding hydrogens is 593 g/mol. The quantitative estimate of drug-likeness (QED) is 0.212. The standard InChI is InChI=1S/C26H33ClN5O9P/c1-3-4-5-10-37-25(34)31-22-20-23(29-14-28-22)32(15-30-20)24-26(2,35)21(33)19(40-24)13-39-42(36)38-11-9-18(41-42)16-7-6-8-17(27)12-16/h6-8,12,14-15,18-19,21,24,33,35H,3-5,9-11,13H2,1-2H3,(H,28,29,31,34)/t18-,19+,21+,24+,26+,42+/m0/s1. The Morgan fingerprint density at radius 1 is 1.31 bits per heavy atom. The molecule has 0 aliphatic carbocycles. The Bertz CT molecular complexity index is 1460. The van der Waals surface area contributed by atoms with Gasteiger partial charge in [-0.05, 0) is 31.0 Å². The average Bonchev–Trinajstić information content (AvgIpc) is 3.48. The third-order valence-corrected chi connectivity index (χ3v) is 8.78. The second-order valence-electron chi connectivity index (χ2n) is 10.2. The van der Waals surface area contributed by atoms with Gasteiger partial charge in [0.25, 0.3) is 0 Å². The summed E-state index contributed by atoms with van der Waals surface area (Å²) in [6, 6.07) is 6.99. The van der Waals surface area contributed by atoms with E-state index in [0.29, 0.717) is 11.4 Å². The summed E-state index contributed by atoms with van der Waals surface area (Å²) < 4.78 is 42.4. The minimum Gasteiger partial charge on any atom is -0.449 e. The molecule has 228 valence electrons. The number of hydrogen-bond acceptors (Lipinski definition) is 12. The molecule has 6 atom stereocenters. The van der Waals surface area contributed by atoms with E-state index in [0.717, 1.165) is 24.8 Å². The van der Waals surface area contributed by atoms with Crippen molar-refractivity contribution in [2.45, 2.75) is 69.7 Å². The summed E-state index contributed by atoms with van der Waals surface area (Å²) in [5.74, 6) is 0.108. The molecule has 0 radical (unpaired) electrons. The number of amides is 1. The second kappa shape index (κ2) is 12.9. The lowest BCUT2D eigenvalue weighted by atomic mass is 9.96. The number of halogens is 1. The third-order valence-electron chi connectivity index (χ3n) is 7.07. The number of aliphatic hydroxyl groups is 2. The number of carbonyl (C=O) groups is 1. The fourth-order valence-electron chi connectivity index (χ4n) is 4.82. The smallest absolute Gasteiger partial charge is 0.449 e. The van der Waals surface area contributed by atoms with Gasteiger partial charge in [-0.15, -0.1) is 0 Å². The van der Waals surface area contributed by atoms with Gasteiger partial charge in [-0.1, -0.05) is 43.5 Å². The van der Waals surface area contributed by atoms with E-state index in [4.69, 9.17) is 34.6 Å². The maximum absolute atomic E-state index is 13.3. The first-order valence-electron chi connectivity index (χ1n) is 13.6. The molecule has 2 aromatic heterocycles. The number of anilines is 1. The number of ether oxygens (including phenoxy) is 2. The normalized spacial score (nSPS) is 29.5. The lowest BCUT2D eigenvalue weighted by molar-refractivity contribution is -0.0953. The number of phosphoric ester groups is 1. The number of imidazole rings is 1. The van der Waals surface area contributed by atoms with E-state index >= 15 is 0 Å². The van der Waals surface area contributed by atoms with Gasteiger partial charge >= 0.3 is 13.9 Å². The molecular formula is C26H33ClN5O9P.